The largest absolute Gasteiger partial charge is 0.309 e. The van der Waals surface area contributed by atoms with Crippen molar-refractivity contribution in [2.75, 3.05) is 0 Å². The van der Waals surface area contributed by atoms with Gasteiger partial charge in [0.15, 0.2) is 5.82 Å². The number of nitrogens with zero attached hydrogens (tertiary/aromatic N) is 4. The summed E-state index contributed by atoms with van der Waals surface area (Å²) in [6.07, 6.45) is 0. The van der Waals surface area contributed by atoms with Crippen LogP contribution in [-0.2, 0) is 0 Å². The number of benzene rings is 9. The summed E-state index contributed by atoms with van der Waals surface area (Å²) in [6, 6.07) is 81.6. The molecule has 63 heavy (non-hydrogen) atoms. The van der Waals surface area contributed by atoms with Gasteiger partial charge in [-0.25, -0.2) is 15.0 Å². The third-order valence-electron chi connectivity index (χ3n) is 12.2. The normalized spacial score (nSPS) is 11.5. The minimum absolute atomic E-state index is 0.695. The summed E-state index contributed by atoms with van der Waals surface area (Å²) >= 11 is 0. The fourth-order valence-electron chi connectivity index (χ4n) is 9.09. The van der Waals surface area contributed by atoms with E-state index >= 15 is 0 Å². The molecule has 3 aromatic heterocycles. The van der Waals surface area contributed by atoms with Gasteiger partial charge in [-0.05, 0) is 76.2 Å². The van der Waals surface area contributed by atoms with Gasteiger partial charge in [0.05, 0.1) is 33.6 Å². The number of hydrogen-bond acceptors (Lipinski definition) is 3. The molecule has 3 heterocycles. The maximum Gasteiger partial charge on any atom is 0.160 e. The Morgan fingerprint density at radius 3 is 1.56 bits per heavy atom. The van der Waals surface area contributed by atoms with Crippen molar-refractivity contribution < 1.29 is 0 Å². The highest BCUT2D eigenvalue weighted by molar-refractivity contribution is 6.20. The number of hydrogen-bond donors (Lipinski definition) is 0. The fourth-order valence-corrected chi connectivity index (χ4v) is 9.09. The Balaban J connectivity index is 1.02. The zero-order valence-electron chi connectivity index (χ0n) is 34.2. The maximum absolute atomic E-state index is 5.27. The van der Waals surface area contributed by atoms with E-state index in [0.29, 0.717) is 5.82 Å². The molecule has 0 radical (unpaired) electrons. The van der Waals surface area contributed by atoms with Gasteiger partial charge in [-0.2, -0.15) is 0 Å². The van der Waals surface area contributed by atoms with E-state index in [1.807, 2.05) is 24.3 Å². The zero-order valence-corrected chi connectivity index (χ0v) is 34.2. The summed E-state index contributed by atoms with van der Waals surface area (Å²) < 4.78 is 2.41. The van der Waals surface area contributed by atoms with Crippen LogP contribution < -0.4 is 0 Å². The van der Waals surface area contributed by atoms with Crippen molar-refractivity contribution in [1.82, 2.24) is 19.5 Å². The Bertz CT molecular complexity index is 3640. The van der Waals surface area contributed by atoms with Crippen molar-refractivity contribution in [1.29, 1.82) is 0 Å². The third-order valence-corrected chi connectivity index (χ3v) is 12.2. The molecule has 0 fully saturated rings. The minimum Gasteiger partial charge on any atom is -0.309 e. The Labute approximate surface area is 365 Å². The van der Waals surface area contributed by atoms with Crippen molar-refractivity contribution in [2.45, 2.75) is 0 Å². The Hall–Kier alpha value is -8.47. The molecule has 0 aliphatic heterocycles. The van der Waals surface area contributed by atoms with Crippen LogP contribution in [-0.4, -0.2) is 19.5 Å². The van der Waals surface area contributed by atoms with E-state index < -0.39 is 0 Å². The summed E-state index contributed by atoms with van der Waals surface area (Å²) in [5.41, 5.74) is 15.9. The van der Waals surface area contributed by atoms with Crippen molar-refractivity contribution >= 4 is 43.5 Å². The van der Waals surface area contributed by atoms with E-state index in [9.17, 15) is 0 Å². The molecule has 0 amide bonds. The van der Waals surface area contributed by atoms with Gasteiger partial charge in [0, 0.05) is 49.5 Å². The smallest absolute Gasteiger partial charge is 0.160 e. The molecule has 9 aromatic carbocycles. The van der Waals surface area contributed by atoms with Crippen LogP contribution in [0.1, 0.15) is 0 Å². The monoisotopic (exact) mass is 802 g/mol. The molecule has 12 aromatic rings. The third kappa shape index (κ3) is 6.53. The van der Waals surface area contributed by atoms with Crippen molar-refractivity contribution in [3.05, 3.63) is 231 Å². The lowest BCUT2D eigenvalue weighted by atomic mass is 9.97. The SMILES string of the molecule is c1ccc(-c2ccc(-c3cc(-c4cccc(-c5ccc6c7cc8c(cc7n(-c7ccccc7)c6c5)c(-c5ccccc5)nc5ccccc58)c4)nc(-c4ccccc4)n3)cc2)cc1. The molecule has 0 N–H and O–H groups in total. The first-order valence-electron chi connectivity index (χ1n) is 21.3. The maximum atomic E-state index is 5.27. The fraction of sp³-hybridized carbons (Fsp3) is 0. The first-order chi connectivity index (χ1) is 31.2. The first kappa shape index (κ1) is 36.4. The number of rotatable bonds is 7. The highest BCUT2D eigenvalue weighted by Crippen LogP contribution is 2.41. The van der Waals surface area contributed by atoms with Crippen LogP contribution in [0, 0.1) is 0 Å². The van der Waals surface area contributed by atoms with E-state index in [0.717, 1.165) is 83.5 Å². The lowest BCUT2D eigenvalue weighted by Crippen LogP contribution is -1.96. The Morgan fingerprint density at radius 1 is 0.270 bits per heavy atom. The predicted molar refractivity (Wildman–Crippen MR) is 262 cm³/mol. The molecule has 4 nitrogen and oxygen atoms in total. The average Bonchev–Trinajstić information content (AvgIpc) is 3.69. The summed E-state index contributed by atoms with van der Waals surface area (Å²) in [5.74, 6) is 0.695. The Kier molecular flexibility index (Phi) is 8.79. The zero-order chi connectivity index (χ0) is 41.7. The number of pyridine rings is 1. The van der Waals surface area contributed by atoms with Crippen molar-refractivity contribution in [2.24, 2.45) is 0 Å². The molecule has 0 bridgehead atoms. The molecule has 0 aliphatic rings. The van der Waals surface area contributed by atoms with Gasteiger partial charge in [-0.3, -0.25) is 0 Å². The number of para-hydroxylation sites is 2. The molecule has 0 spiro atoms. The van der Waals surface area contributed by atoms with Crippen LogP contribution in [0.15, 0.2) is 231 Å². The quantitative estimate of drug-likeness (QED) is 0.151. The van der Waals surface area contributed by atoms with Crippen LogP contribution in [0.25, 0.3) is 117 Å². The summed E-state index contributed by atoms with van der Waals surface area (Å²) in [5, 5.41) is 5.88. The van der Waals surface area contributed by atoms with Crippen LogP contribution in [0.5, 0.6) is 0 Å². The summed E-state index contributed by atoms with van der Waals surface area (Å²) in [7, 11) is 0. The van der Waals surface area contributed by atoms with E-state index in [1.54, 1.807) is 0 Å². The summed E-state index contributed by atoms with van der Waals surface area (Å²) in [6.45, 7) is 0. The average molecular weight is 803 g/mol. The molecule has 0 saturated carbocycles. The van der Waals surface area contributed by atoms with Gasteiger partial charge < -0.3 is 4.57 Å². The molecule has 0 aliphatic carbocycles. The standard InChI is InChI=1S/C59H38N4/c1-5-16-39(17-6-1)40-28-30-41(31-29-40)54-38-55(62-59(61-54)43-20-9-3-10-21-43)46-23-15-22-44(34-46)45-32-33-49-51-36-50-48-26-13-14-27-53(48)60-58(42-18-7-2-8-19-42)52(50)37-57(51)63(56(49)35-45)47-24-11-4-12-25-47/h1-38H. The topological polar surface area (TPSA) is 43.6 Å². The minimum atomic E-state index is 0.695. The van der Waals surface area contributed by atoms with E-state index in [4.69, 9.17) is 15.0 Å². The van der Waals surface area contributed by atoms with Gasteiger partial charge in [0.2, 0.25) is 0 Å². The van der Waals surface area contributed by atoms with Crippen LogP contribution in [0.3, 0.4) is 0 Å². The predicted octanol–water partition coefficient (Wildman–Crippen LogP) is 15.3. The second kappa shape index (κ2) is 15.2. The van der Waals surface area contributed by atoms with E-state index in [-0.39, 0.29) is 0 Å². The van der Waals surface area contributed by atoms with Gasteiger partial charge >= 0.3 is 0 Å². The van der Waals surface area contributed by atoms with Crippen LogP contribution >= 0.6 is 0 Å². The molecule has 12 rings (SSSR count). The lowest BCUT2D eigenvalue weighted by Gasteiger charge is -2.13. The number of aromatic nitrogens is 4. The highest BCUT2D eigenvalue weighted by atomic mass is 15.0. The Morgan fingerprint density at radius 2 is 0.810 bits per heavy atom. The number of fused-ring (bicyclic) bond motifs is 6. The molecular formula is C59H38N4. The first-order valence-corrected chi connectivity index (χ1v) is 21.3. The molecule has 4 heteroatoms. The molecule has 0 atom stereocenters. The molecule has 294 valence electrons. The van der Waals surface area contributed by atoms with Gasteiger partial charge in [0.25, 0.3) is 0 Å². The van der Waals surface area contributed by atoms with Gasteiger partial charge in [-0.15, -0.1) is 0 Å². The van der Waals surface area contributed by atoms with Crippen molar-refractivity contribution in [3.63, 3.8) is 0 Å². The van der Waals surface area contributed by atoms with Crippen LogP contribution in [0.2, 0.25) is 0 Å². The lowest BCUT2D eigenvalue weighted by molar-refractivity contribution is 1.18. The second-order valence-corrected chi connectivity index (χ2v) is 16.0. The van der Waals surface area contributed by atoms with Crippen molar-refractivity contribution in [3.8, 4) is 73.1 Å². The molecule has 0 saturated heterocycles. The summed E-state index contributed by atoms with van der Waals surface area (Å²) in [4.78, 5) is 15.6. The van der Waals surface area contributed by atoms with Crippen LogP contribution in [0.4, 0.5) is 0 Å². The van der Waals surface area contributed by atoms with Gasteiger partial charge in [-0.1, -0.05) is 182 Å². The van der Waals surface area contributed by atoms with E-state index in [2.05, 4.69) is 211 Å². The highest BCUT2D eigenvalue weighted by Gasteiger charge is 2.19. The van der Waals surface area contributed by atoms with Gasteiger partial charge in [0.1, 0.15) is 0 Å². The second-order valence-electron chi connectivity index (χ2n) is 16.0. The molecular weight excluding hydrogens is 765 g/mol. The molecule has 0 unspecified atom stereocenters. The van der Waals surface area contributed by atoms with E-state index in [1.165, 1.54) is 27.3 Å².